The summed E-state index contributed by atoms with van der Waals surface area (Å²) in [6.07, 6.45) is 6.66. The van der Waals surface area contributed by atoms with E-state index < -0.39 is 0 Å². The molecule has 0 spiro atoms. The van der Waals surface area contributed by atoms with Gasteiger partial charge >= 0.3 is 0 Å². The fraction of sp³-hybridized carbons (Fsp3) is 0.474. The Morgan fingerprint density at radius 3 is 2.58 bits per heavy atom. The van der Waals surface area contributed by atoms with Crippen LogP contribution in [0.5, 0.6) is 5.75 Å². The number of nitrogens with one attached hydrogen (secondary N) is 2. The fourth-order valence-corrected chi connectivity index (χ4v) is 4.56. The number of methoxy groups -OCH3 is 1. The maximum Gasteiger partial charge on any atom is 0.269 e. The molecule has 0 aliphatic heterocycles. The molecule has 1 aromatic heterocycles. The van der Waals surface area contributed by atoms with Crippen molar-refractivity contribution in [2.45, 2.75) is 37.6 Å². The van der Waals surface area contributed by atoms with E-state index in [1.807, 2.05) is 12.1 Å². The van der Waals surface area contributed by atoms with Crippen molar-refractivity contribution in [1.82, 2.24) is 15.5 Å². The molecule has 2 saturated carbocycles. The molecule has 0 bridgehead atoms. The van der Waals surface area contributed by atoms with Crippen LogP contribution < -0.4 is 10.1 Å². The standard InChI is InChI=1S/C19H23N3O2/c1-24-13-8-6-12(7-9-13)17-14-4-2-3-5-15(14)18(17)21-19(23)16-10-11-20-22-16/h6-11,14-15,17-18H,2-5H2,1H3,(H,20,22)(H,21,23)/t14?,15?,17-,18-/m0/s1. The van der Waals surface area contributed by atoms with Gasteiger partial charge in [-0.3, -0.25) is 9.89 Å². The minimum Gasteiger partial charge on any atom is -0.497 e. The number of carbonyl (C=O) groups is 1. The topological polar surface area (TPSA) is 67.0 Å². The third-order valence-corrected chi connectivity index (χ3v) is 5.73. The number of H-pyrrole nitrogens is 1. The Hall–Kier alpha value is -2.30. The van der Waals surface area contributed by atoms with Crippen LogP contribution in [0.4, 0.5) is 0 Å². The number of ether oxygens (including phenoxy) is 1. The predicted molar refractivity (Wildman–Crippen MR) is 91.0 cm³/mol. The number of aromatic nitrogens is 2. The van der Waals surface area contributed by atoms with E-state index in [9.17, 15) is 4.79 Å². The summed E-state index contributed by atoms with van der Waals surface area (Å²) in [5.41, 5.74) is 1.83. The van der Waals surface area contributed by atoms with E-state index in [0.717, 1.165) is 5.75 Å². The quantitative estimate of drug-likeness (QED) is 0.907. The average Bonchev–Trinajstić information content (AvgIpc) is 3.15. The molecule has 2 unspecified atom stereocenters. The van der Waals surface area contributed by atoms with E-state index in [-0.39, 0.29) is 11.9 Å². The normalized spacial score (nSPS) is 28.5. The van der Waals surface area contributed by atoms with Crippen LogP contribution in [0.2, 0.25) is 0 Å². The highest BCUT2D eigenvalue weighted by Crippen LogP contribution is 2.54. The van der Waals surface area contributed by atoms with Gasteiger partial charge in [0, 0.05) is 18.2 Å². The van der Waals surface area contributed by atoms with Gasteiger partial charge in [-0.25, -0.2) is 0 Å². The van der Waals surface area contributed by atoms with Crippen LogP contribution >= 0.6 is 0 Å². The van der Waals surface area contributed by atoms with Gasteiger partial charge in [0.2, 0.25) is 0 Å². The number of rotatable bonds is 4. The molecule has 4 rings (SSSR count). The lowest BCUT2D eigenvalue weighted by Crippen LogP contribution is -2.59. The summed E-state index contributed by atoms with van der Waals surface area (Å²) in [7, 11) is 1.68. The van der Waals surface area contributed by atoms with Gasteiger partial charge in [0.15, 0.2) is 0 Å². The van der Waals surface area contributed by atoms with Crippen LogP contribution in [-0.4, -0.2) is 29.3 Å². The van der Waals surface area contributed by atoms with Crippen molar-refractivity contribution in [3.8, 4) is 5.75 Å². The molecule has 5 nitrogen and oxygen atoms in total. The fourth-order valence-electron chi connectivity index (χ4n) is 4.56. The molecule has 1 amide bonds. The number of hydrogen-bond acceptors (Lipinski definition) is 3. The number of aromatic amines is 1. The van der Waals surface area contributed by atoms with E-state index >= 15 is 0 Å². The molecule has 126 valence electrons. The molecular formula is C19H23N3O2. The van der Waals surface area contributed by atoms with E-state index in [2.05, 4.69) is 27.6 Å². The molecule has 2 fully saturated rings. The molecule has 2 aliphatic rings. The summed E-state index contributed by atoms with van der Waals surface area (Å²) in [5, 5.41) is 9.88. The Balaban J connectivity index is 1.56. The molecule has 0 saturated heterocycles. The van der Waals surface area contributed by atoms with Gasteiger partial charge in [-0.2, -0.15) is 5.10 Å². The van der Waals surface area contributed by atoms with Crippen molar-refractivity contribution in [1.29, 1.82) is 0 Å². The first-order valence-electron chi connectivity index (χ1n) is 8.72. The molecule has 1 aromatic carbocycles. The first-order valence-corrected chi connectivity index (χ1v) is 8.72. The van der Waals surface area contributed by atoms with Gasteiger partial charge in [-0.1, -0.05) is 25.0 Å². The third kappa shape index (κ3) is 2.58. The molecular weight excluding hydrogens is 302 g/mol. The zero-order valence-corrected chi connectivity index (χ0v) is 13.9. The SMILES string of the molecule is COc1ccc([C@H]2C3CCCCC3[C@@H]2NC(=O)c2ccn[nH]2)cc1. The van der Waals surface area contributed by atoms with Gasteiger partial charge < -0.3 is 10.1 Å². The molecule has 1 heterocycles. The number of hydrogen-bond donors (Lipinski definition) is 2. The molecule has 2 N–H and O–H groups in total. The van der Waals surface area contributed by atoms with Gasteiger partial charge in [0.25, 0.3) is 5.91 Å². The molecule has 2 aromatic rings. The number of carbonyl (C=O) groups excluding carboxylic acids is 1. The summed E-state index contributed by atoms with van der Waals surface area (Å²) in [5.74, 6) is 2.49. The summed E-state index contributed by atoms with van der Waals surface area (Å²) in [6, 6.07) is 10.2. The zero-order valence-electron chi connectivity index (χ0n) is 13.9. The first-order chi connectivity index (χ1) is 11.8. The smallest absolute Gasteiger partial charge is 0.269 e. The summed E-state index contributed by atoms with van der Waals surface area (Å²) >= 11 is 0. The molecule has 24 heavy (non-hydrogen) atoms. The molecule has 2 aliphatic carbocycles. The van der Waals surface area contributed by atoms with Gasteiger partial charge in [0.1, 0.15) is 11.4 Å². The largest absolute Gasteiger partial charge is 0.497 e. The second-order valence-electron chi connectivity index (χ2n) is 6.88. The maximum absolute atomic E-state index is 12.5. The van der Waals surface area contributed by atoms with Crippen molar-refractivity contribution in [3.05, 3.63) is 47.8 Å². The molecule has 0 radical (unpaired) electrons. The Morgan fingerprint density at radius 1 is 1.17 bits per heavy atom. The van der Waals surface area contributed by atoms with E-state index in [0.29, 0.717) is 23.4 Å². The Morgan fingerprint density at radius 2 is 1.92 bits per heavy atom. The number of amides is 1. The highest BCUT2D eigenvalue weighted by molar-refractivity contribution is 5.92. The van der Waals surface area contributed by atoms with Crippen LogP contribution in [0.15, 0.2) is 36.5 Å². The summed E-state index contributed by atoms with van der Waals surface area (Å²) in [6.45, 7) is 0. The van der Waals surface area contributed by atoms with Crippen LogP contribution in [-0.2, 0) is 0 Å². The second kappa shape index (κ2) is 6.30. The monoisotopic (exact) mass is 325 g/mol. The summed E-state index contributed by atoms with van der Waals surface area (Å²) < 4.78 is 5.27. The highest BCUT2D eigenvalue weighted by atomic mass is 16.5. The van der Waals surface area contributed by atoms with E-state index in [1.54, 1.807) is 19.4 Å². The number of benzene rings is 1. The lowest BCUT2D eigenvalue weighted by Gasteiger charge is -2.55. The highest BCUT2D eigenvalue weighted by Gasteiger charge is 2.51. The number of fused-ring (bicyclic) bond motifs is 1. The maximum atomic E-state index is 12.5. The molecule has 5 heteroatoms. The van der Waals surface area contributed by atoms with Gasteiger partial charge in [0.05, 0.1) is 7.11 Å². The van der Waals surface area contributed by atoms with Gasteiger partial charge in [-0.15, -0.1) is 0 Å². The Labute approximate surface area is 141 Å². The minimum atomic E-state index is -0.0555. The van der Waals surface area contributed by atoms with Crippen LogP contribution in [0, 0.1) is 11.8 Å². The lowest BCUT2D eigenvalue weighted by atomic mass is 9.53. The van der Waals surface area contributed by atoms with Crippen LogP contribution in [0.1, 0.15) is 47.7 Å². The van der Waals surface area contributed by atoms with E-state index in [4.69, 9.17) is 4.74 Å². The van der Waals surface area contributed by atoms with Crippen molar-refractivity contribution in [2.75, 3.05) is 7.11 Å². The Bertz CT molecular complexity index is 696. The average molecular weight is 325 g/mol. The van der Waals surface area contributed by atoms with Crippen LogP contribution in [0.25, 0.3) is 0 Å². The van der Waals surface area contributed by atoms with E-state index in [1.165, 1.54) is 31.2 Å². The minimum absolute atomic E-state index is 0.0555. The lowest BCUT2D eigenvalue weighted by molar-refractivity contribution is 0.0250. The van der Waals surface area contributed by atoms with Crippen molar-refractivity contribution >= 4 is 5.91 Å². The molecule has 4 atom stereocenters. The predicted octanol–water partition coefficient (Wildman–Crippen LogP) is 3.12. The van der Waals surface area contributed by atoms with Gasteiger partial charge in [-0.05, 0) is 48.4 Å². The van der Waals surface area contributed by atoms with Crippen molar-refractivity contribution in [3.63, 3.8) is 0 Å². The van der Waals surface area contributed by atoms with Crippen LogP contribution in [0.3, 0.4) is 0 Å². The Kier molecular flexibility index (Phi) is 4.00. The zero-order chi connectivity index (χ0) is 16.5. The summed E-state index contributed by atoms with van der Waals surface area (Å²) in [4.78, 5) is 12.5. The first kappa shape index (κ1) is 15.2. The van der Waals surface area contributed by atoms with Crippen molar-refractivity contribution < 1.29 is 9.53 Å². The third-order valence-electron chi connectivity index (χ3n) is 5.73. The van der Waals surface area contributed by atoms with Crippen molar-refractivity contribution in [2.24, 2.45) is 11.8 Å². The second-order valence-corrected chi connectivity index (χ2v) is 6.88. The number of nitrogens with zero attached hydrogens (tertiary/aromatic N) is 1.